The van der Waals surface area contributed by atoms with Gasteiger partial charge in [0.2, 0.25) is 0 Å². The van der Waals surface area contributed by atoms with Crippen molar-refractivity contribution in [3.63, 3.8) is 0 Å². The van der Waals surface area contributed by atoms with Crippen molar-refractivity contribution in [1.82, 2.24) is 5.32 Å². The van der Waals surface area contributed by atoms with Gasteiger partial charge in [-0.3, -0.25) is 4.79 Å². The summed E-state index contributed by atoms with van der Waals surface area (Å²) in [6.07, 6.45) is 1.97. The van der Waals surface area contributed by atoms with Crippen LogP contribution in [0, 0.1) is 11.3 Å². The molecule has 16 heavy (non-hydrogen) atoms. The topological polar surface area (TPSA) is 38.3 Å². The number of carbonyl (C=O) groups excluding carboxylic acids is 1. The van der Waals surface area contributed by atoms with E-state index in [1.807, 2.05) is 6.92 Å². The maximum atomic E-state index is 11.2. The molecule has 2 unspecified atom stereocenters. The van der Waals surface area contributed by atoms with Gasteiger partial charge in [-0.25, -0.2) is 0 Å². The molecule has 0 aliphatic heterocycles. The van der Waals surface area contributed by atoms with Crippen LogP contribution in [0.15, 0.2) is 0 Å². The predicted molar refractivity (Wildman–Crippen MR) is 67.3 cm³/mol. The fraction of sp³-hybridized carbons (Fsp3) is 0.923. The van der Waals surface area contributed by atoms with Crippen LogP contribution >= 0.6 is 0 Å². The molecule has 0 rings (SSSR count). The van der Waals surface area contributed by atoms with Crippen molar-refractivity contribution in [3.05, 3.63) is 0 Å². The lowest BCUT2D eigenvalue weighted by Crippen LogP contribution is -2.32. The van der Waals surface area contributed by atoms with E-state index in [2.05, 4.69) is 33.0 Å². The molecule has 0 fully saturated rings. The Bertz CT molecular complexity index is 208. The van der Waals surface area contributed by atoms with E-state index in [1.54, 1.807) is 0 Å². The van der Waals surface area contributed by atoms with Gasteiger partial charge in [0.05, 0.1) is 13.0 Å². The Morgan fingerprint density at radius 1 is 1.31 bits per heavy atom. The summed E-state index contributed by atoms with van der Waals surface area (Å²) >= 11 is 0. The minimum Gasteiger partial charge on any atom is -0.469 e. The largest absolute Gasteiger partial charge is 0.469 e. The summed E-state index contributed by atoms with van der Waals surface area (Å²) in [5.74, 6) is -0.147. The molecule has 0 aromatic carbocycles. The molecule has 2 atom stereocenters. The monoisotopic (exact) mass is 229 g/mol. The third kappa shape index (κ3) is 7.69. The van der Waals surface area contributed by atoms with Crippen molar-refractivity contribution in [1.29, 1.82) is 0 Å². The number of carbonyl (C=O) groups is 1. The van der Waals surface area contributed by atoms with Crippen molar-refractivity contribution >= 4 is 5.97 Å². The Hall–Kier alpha value is -0.570. The Morgan fingerprint density at radius 2 is 1.88 bits per heavy atom. The molecule has 0 spiro atoms. The molecule has 0 aromatic heterocycles. The van der Waals surface area contributed by atoms with E-state index in [0.717, 1.165) is 19.4 Å². The Kier molecular flexibility index (Phi) is 6.65. The second-order valence-corrected chi connectivity index (χ2v) is 5.83. The molecule has 3 nitrogen and oxygen atoms in total. The quantitative estimate of drug-likeness (QED) is 0.711. The molecule has 0 aliphatic carbocycles. The molecular weight excluding hydrogens is 202 g/mol. The first-order valence-electron chi connectivity index (χ1n) is 6.07. The molecule has 0 radical (unpaired) electrons. The van der Waals surface area contributed by atoms with Gasteiger partial charge in [-0.2, -0.15) is 0 Å². The first-order valence-corrected chi connectivity index (χ1v) is 6.07. The van der Waals surface area contributed by atoms with Crippen LogP contribution in [0.5, 0.6) is 0 Å². The number of hydrogen-bond acceptors (Lipinski definition) is 3. The molecule has 0 aliphatic rings. The van der Waals surface area contributed by atoms with Crippen molar-refractivity contribution in [2.75, 3.05) is 13.7 Å². The zero-order chi connectivity index (χ0) is 12.8. The summed E-state index contributed by atoms with van der Waals surface area (Å²) < 4.78 is 4.70. The summed E-state index contributed by atoms with van der Waals surface area (Å²) in [5.41, 5.74) is 0.362. The molecule has 0 saturated carbocycles. The van der Waals surface area contributed by atoms with E-state index >= 15 is 0 Å². The van der Waals surface area contributed by atoms with Crippen LogP contribution in [0.2, 0.25) is 0 Å². The Morgan fingerprint density at radius 3 is 2.31 bits per heavy atom. The second kappa shape index (κ2) is 6.89. The highest BCUT2D eigenvalue weighted by Crippen LogP contribution is 2.17. The summed E-state index contributed by atoms with van der Waals surface area (Å²) in [7, 11) is 1.44. The lowest BCUT2D eigenvalue weighted by molar-refractivity contribution is -0.145. The van der Waals surface area contributed by atoms with Crippen molar-refractivity contribution in [2.45, 2.75) is 53.5 Å². The summed E-state index contributed by atoms with van der Waals surface area (Å²) in [6.45, 7) is 11.7. The van der Waals surface area contributed by atoms with Crippen LogP contribution in [-0.4, -0.2) is 25.7 Å². The predicted octanol–water partition coefficient (Wildman–Crippen LogP) is 2.60. The normalized spacial score (nSPS) is 15.6. The van der Waals surface area contributed by atoms with E-state index in [1.165, 1.54) is 7.11 Å². The molecule has 0 saturated heterocycles. The Labute approximate surface area is 99.9 Å². The number of ether oxygens (including phenoxy) is 1. The SMILES string of the molecule is COC(=O)C(C)CC(C)NCCC(C)(C)C. The van der Waals surface area contributed by atoms with Crippen LogP contribution in [0.4, 0.5) is 0 Å². The highest BCUT2D eigenvalue weighted by molar-refractivity contribution is 5.71. The molecule has 3 heteroatoms. The first-order chi connectivity index (χ1) is 7.26. The molecule has 0 heterocycles. The lowest BCUT2D eigenvalue weighted by Gasteiger charge is -2.21. The lowest BCUT2D eigenvalue weighted by atomic mass is 9.92. The van der Waals surface area contributed by atoms with Gasteiger partial charge in [0.1, 0.15) is 0 Å². The Balaban J connectivity index is 3.74. The average molecular weight is 229 g/mol. The molecular formula is C13H27NO2. The van der Waals surface area contributed by atoms with Crippen LogP contribution in [-0.2, 0) is 9.53 Å². The van der Waals surface area contributed by atoms with Crippen LogP contribution in [0.1, 0.15) is 47.5 Å². The third-order valence-electron chi connectivity index (χ3n) is 2.68. The fourth-order valence-corrected chi connectivity index (χ4v) is 1.60. The molecule has 96 valence electrons. The van der Waals surface area contributed by atoms with Gasteiger partial charge in [-0.15, -0.1) is 0 Å². The van der Waals surface area contributed by atoms with Gasteiger partial charge in [-0.05, 0) is 31.7 Å². The highest BCUT2D eigenvalue weighted by Gasteiger charge is 2.17. The van der Waals surface area contributed by atoms with Gasteiger partial charge >= 0.3 is 5.97 Å². The van der Waals surface area contributed by atoms with E-state index in [0.29, 0.717) is 11.5 Å². The fourth-order valence-electron chi connectivity index (χ4n) is 1.60. The number of rotatable bonds is 6. The number of methoxy groups -OCH3 is 1. The van der Waals surface area contributed by atoms with Crippen molar-refractivity contribution in [3.8, 4) is 0 Å². The first kappa shape index (κ1) is 15.4. The van der Waals surface area contributed by atoms with Crippen LogP contribution in [0.25, 0.3) is 0 Å². The average Bonchev–Trinajstić information content (AvgIpc) is 2.14. The van der Waals surface area contributed by atoms with Gasteiger partial charge in [0.25, 0.3) is 0 Å². The van der Waals surface area contributed by atoms with E-state index in [9.17, 15) is 4.79 Å². The minimum atomic E-state index is -0.121. The molecule has 1 N–H and O–H groups in total. The smallest absolute Gasteiger partial charge is 0.308 e. The van der Waals surface area contributed by atoms with Gasteiger partial charge in [0, 0.05) is 6.04 Å². The summed E-state index contributed by atoms with van der Waals surface area (Å²) in [4.78, 5) is 11.2. The van der Waals surface area contributed by atoms with Crippen LogP contribution in [0.3, 0.4) is 0 Å². The summed E-state index contributed by atoms with van der Waals surface area (Å²) in [6, 6.07) is 0.358. The molecule has 0 aromatic rings. The van der Waals surface area contributed by atoms with Crippen molar-refractivity contribution < 1.29 is 9.53 Å². The number of hydrogen-bond donors (Lipinski definition) is 1. The second-order valence-electron chi connectivity index (χ2n) is 5.83. The van der Waals surface area contributed by atoms with E-state index in [-0.39, 0.29) is 11.9 Å². The zero-order valence-electron chi connectivity index (χ0n) is 11.6. The van der Waals surface area contributed by atoms with Gasteiger partial charge in [0.15, 0.2) is 0 Å². The number of esters is 1. The summed E-state index contributed by atoms with van der Waals surface area (Å²) in [5, 5.41) is 3.44. The van der Waals surface area contributed by atoms with Gasteiger partial charge < -0.3 is 10.1 Å². The van der Waals surface area contributed by atoms with Crippen molar-refractivity contribution in [2.24, 2.45) is 11.3 Å². The van der Waals surface area contributed by atoms with Crippen LogP contribution < -0.4 is 5.32 Å². The molecule has 0 bridgehead atoms. The maximum Gasteiger partial charge on any atom is 0.308 e. The number of nitrogens with one attached hydrogen (secondary N) is 1. The standard InChI is InChI=1S/C13H27NO2/c1-10(12(15)16-6)9-11(2)14-8-7-13(3,4)5/h10-11,14H,7-9H2,1-6H3. The maximum absolute atomic E-state index is 11.2. The minimum absolute atomic E-state index is 0.0258. The van der Waals surface area contributed by atoms with E-state index in [4.69, 9.17) is 4.74 Å². The zero-order valence-corrected chi connectivity index (χ0v) is 11.6. The van der Waals surface area contributed by atoms with Gasteiger partial charge in [-0.1, -0.05) is 27.7 Å². The van der Waals surface area contributed by atoms with E-state index < -0.39 is 0 Å². The molecule has 0 amide bonds. The third-order valence-corrected chi connectivity index (χ3v) is 2.68. The highest BCUT2D eigenvalue weighted by atomic mass is 16.5.